The van der Waals surface area contributed by atoms with E-state index in [-0.39, 0.29) is 0 Å². The van der Waals surface area contributed by atoms with Gasteiger partial charge in [-0.1, -0.05) is 120 Å². The van der Waals surface area contributed by atoms with Crippen LogP contribution in [0.4, 0.5) is 0 Å². The Morgan fingerprint density at radius 2 is 0.870 bits per heavy atom. The summed E-state index contributed by atoms with van der Waals surface area (Å²) in [6.07, 6.45) is 3.66. The van der Waals surface area contributed by atoms with E-state index in [0.29, 0.717) is 5.56 Å². The first-order valence-corrected chi connectivity index (χ1v) is 18.3. The van der Waals surface area contributed by atoms with Crippen LogP contribution < -0.4 is 0 Å². The molecule has 0 aliphatic heterocycles. The van der Waals surface area contributed by atoms with E-state index in [9.17, 15) is 5.26 Å². The van der Waals surface area contributed by atoms with E-state index in [1.807, 2.05) is 24.5 Å². The third-order valence-corrected chi connectivity index (χ3v) is 10.8. The third-order valence-electron chi connectivity index (χ3n) is 10.8. The van der Waals surface area contributed by atoms with Gasteiger partial charge in [0.15, 0.2) is 0 Å². The quantitative estimate of drug-likeness (QED) is 0.180. The van der Waals surface area contributed by atoms with Crippen molar-refractivity contribution in [2.75, 3.05) is 0 Å². The first-order chi connectivity index (χ1) is 26.6. The SMILES string of the molecule is Cc1cccc(-c2ccc3c4ccccc4n(-c4cc(-c5ccncc5)cc(-n5c6ccccc6c6ccc(-c7cccc(C)c7)cc65)c4C#N)c3c2)c1. The summed E-state index contributed by atoms with van der Waals surface area (Å²) in [7, 11) is 0. The van der Waals surface area contributed by atoms with Gasteiger partial charge in [-0.2, -0.15) is 5.26 Å². The van der Waals surface area contributed by atoms with Gasteiger partial charge in [0.2, 0.25) is 0 Å². The average molecular weight is 691 g/mol. The highest BCUT2D eigenvalue weighted by Crippen LogP contribution is 2.41. The number of pyridine rings is 1. The molecule has 10 rings (SSSR count). The zero-order valence-corrected chi connectivity index (χ0v) is 30.0. The number of hydrogen-bond donors (Lipinski definition) is 0. The Balaban J connectivity index is 1.33. The molecule has 254 valence electrons. The van der Waals surface area contributed by atoms with Crippen LogP contribution in [-0.4, -0.2) is 14.1 Å². The van der Waals surface area contributed by atoms with Gasteiger partial charge >= 0.3 is 0 Å². The van der Waals surface area contributed by atoms with Crippen molar-refractivity contribution in [2.24, 2.45) is 0 Å². The fraction of sp³-hybridized carbons (Fsp3) is 0.0400. The zero-order valence-electron chi connectivity index (χ0n) is 30.0. The molecule has 0 saturated carbocycles. The number of benzene rings is 7. The third kappa shape index (κ3) is 5.02. The van der Waals surface area contributed by atoms with E-state index in [0.717, 1.165) is 88.4 Å². The van der Waals surface area contributed by atoms with Crippen molar-refractivity contribution < 1.29 is 0 Å². The van der Waals surface area contributed by atoms with Crippen LogP contribution in [0.15, 0.2) is 170 Å². The molecule has 0 bridgehead atoms. The van der Waals surface area contributed by atoms with Gasteiger partial charge in [-0.25, -0.2) is 0 Å². The molecule has 3 aromatic heterocycles. The Bertz CT molecular complexity index is 2950. The molecule has 0 aliphatic carbocycles. The Morgan fingerprint density at radius 3 is 1.35 bits per heavy atom. The van der Waals surface area contributed by atoms with E-state index in [4.69, 9.17) is 0 Å². The van der Waals surface area contributed by atoms with Gasteiger partial charge in [0.1, 0.15) is 11.6 Å². The van der Waals surface area contributed by atoms with Crippen molar-refractivity contribution in [3.05, 3.63) is 187 Å². The van der Waals surface area contributed by atoms with E-state index in [2.05, 4.69) is 180 Å². The molecule has 0 radical (unpaired) electrons. The molecule has 0 unspecified atom stereocenters. The van der Waals surface area contributed by atoms with Crippen molar-refractivity contribution in [1.29, 1.82) is 5.26 Å². The Labute approximate surface area is 313 Å². The van der Waals surface area contributed by atoms with Crippen LogP contribution in [0.25, 0.3) is 88.4 Å². The van der Waals surface area contributed by atoms with Crippen LogP contribution in [0.2, 0.25) is 0 Å². The van der Waals surface area contributed by atoms with Gasteiger partial charge in [-0.15, -0.1) is 0 Å². The second-order valence-corrected chi connectivity index (χ2v) is 14.1. The van der Waals surface area contributed by atoms with E-state index in [1.165, 1.54) is 11.1 Å². The summed E-state index contributed by atoms with van der Waals surface area (Å²) >= 11 is 0. The molecule has 0 aliphatic rings. The van der Waals surface area contributed by atoms with Crippen molar-refractivity contribution in [3.63, 3.8) is 0 Å². The van der Waals surface area contributed by atoms with E-state index < -0.39 is 0 Å². The predicted octanol–water partition coefficient (Wildman–Crippen LogP) is 12.8. The number of fused-ring (bicyclic) bond motifs is 6. The number of para-hydroxylation sites is 2. The summed E-state index contributed by atoms with van der Waals surface area (Å²) in [6, 6.07) is 58.9. The molecule has 3 heterocycles. The van der Waals surface area contributed by atoms with Crippen molar-refractivity contribution in [2.45, 2.75) is 13.8 Å². The molecule has 54 heavy (non-hydrogen) atoms. The van der Waals surface area contributed by atoms with Crippen LogP contribution in [0.3, 0.4) is 0 Å². The van der Waals surface area contributed by atoms with Gasteiger partial charge in [-0.05, 0) is 95.8 Å². The zero-order chi connectivity index (χ0) is 36.3. The van der Waals surface area contributed by atoms with Gasteiger partial charge in [0.25, 0.3) is 0 Å². The van der Waals surface area contributed by atoms with Crippen molar-refractivity contribution in [3.8, 4) is 50.8 Å². The lowest BCUT2D eigenvalue weighted by Gasteiger charge is -2.19. The van der Waals surface area contributed by atoms with Gasteiger partial charge < -0.3 is 9.13 Å². The van der Waals surface area contributed by atoms with Crippen LogP contribution in [0, 0.1) is 25.2 Å². The van der Waals surface area contributed by atoms with Crippen LogP contribution in [0.1, 0.15) is 16.7 Å². The number of rotatable bonds is 5. The first kappa shape index (κ1) is 31.5. The Hall–Kier alpha value is -7.22. The molecule has 7 aromatic carbocycles. The molecule has 0 spiro atoms. The molecule has 4 heteroatoms. The van der Waals surface area contributed by atoms with E-state index in [1.54, 1.807) is 0 Å². The summed E-state index contributed by atoms with van der Waals surface area (Å²) < 4.78 is 4.59. The van der Waals surface area contributed by atoms with Crippen LogP contribution >= 0.6 is 0 Å². The summed E-state index contributed by atoms with van der Waals surface area (Å²) in [5.74, 6) is 0. The minimum Gasteiger partial charge on any atom is -0.308 e. The van der Waals surface area contributed by atoms with E-state index >= 15 is 0 Å². The monoisotopic (exact) mass is 690 g/mol. The molecular formula is C50H34N4. The lowest BCUT2D eigenvalue weighted by atomic mass is 10.00. The summed E-state index contributed by atoms with van der Waals surface area (Å²) in [5, 5.41) is 15.9. The molecular weight excluding hydrogens is 657 g/mol. The maximum atomic E-state index is 11.4. The maximum absolute atomic E-state index is 11.4. The number of aryl methyl sites for hydroxylation is 2. The second kappa shape index (κ2) is 12.5. The van der Waals surface area contributed by atoms with Crippen LogP contribution in [0.5, 0.6) is 0 Å². The largest absolute Gasteiger partial charge is 0.308 e. The Kier molecular flexibility index (Phi) is 7.28. The number of nitrogens with zero attached hydrogens (tertiary/aromatic N) is 4. The highest BCUT2D eigenvalue weighted by molar-refractivity contribution is 6.12. The average Bonchev–Trinajstić information content (AvgIpc) is 3.72. The molecule has 0 fully saturated rings. The molecule has 0 saturated heterocycles. The summed E-state index contributed by atoms with van der Waals surface area (Å²) in [6.45, 7) is 4.26. The molecule has 10 aromatic rings. The number of hydrogen-bond acceptors (Lipinski definition) is 2. The standard InChI is InChI=1S/C50H34N4/c1-32-9-7-11-35(25-32)37-17-19-42-40-13-3-5-15-45(40)53(47(42)27-37)49-29-39(34-21-23-52-24-22-34)30-50(44(49)31-51)54-46-16-6-4-14-41(46)43-20-18-38(28-48(43)54)36-12-8-10-33(2)26-36/h3-30H,1-2H3. The van der Waals surface area contributed by atoms with Crippen LogP contribution in [-0.2, 0) is 0 Å². The fourth-order valence-electron chi connectivity index (χ4n) is 8.26. The second-order valence-electron chi connectivity index (χ2n) is 14.1. The summed E-state index contributed by atoms with van der Waals surface area (Å²) in [5.41, 5.74) is 15.5. The lowest BCUT2D eigenvalue weighted by Crippen LogP contribution is -2.05. The minimum absolute atomic E-state index is 0.597. The lowest BCUT2D eigenvalue weighted by molar-refractivity contribution is 1.12. The highest BCUT2D eigenvalue weighted by atomic mass is 15.0. The first-order valence-electron chi connectivity index (χ1n) is 18.3. The maximum Gasteiger partial charge on any atom is 0.104 e. The topological polar surface area (TPSA) is 46.5 Å². The normalized spacial score (nSPS) is 11.5. The predicted molar refractivity (Wildman–Crippen MR) is 223 cm³/mol. The van der Waals surface area contributed by atoms with Crippen molar-refractivity contribution >= 4 is 43.6 Å². The fourth-order valence-corrected chi connectivity index (χ4v) is 8.26. The van der Waals surface area contributed by atoms with Gasteiger partial charge in [0, 0.05) is 33.9 Å². The summed E-state index contributed by atoms with van der Waals surface area (Å²) in [4.78, 5) is 4.34. The Morgan fingerprint density at radius 1 is 0.407 bits per heavy atom. The smallest absolute Gasteiger partial charge is 0.104 e. The number of aromatic nitrogens is 3. The molecule has 4 nitrogen and oxygen atoms in total. The molecule has 0 atom stereocenters. The molecule has 0 amide bonds. The van der Waals surface area contributed by atoms with Gasteiger partial charge in [0.05, 0.1) is 33.4 Å². The molecule has 0 N–H and O–H groups in total. The minimum atomic E-state index is 0.597. The highest BCUT2D eigenvalue weighted by Gasteiger charge is 2.23. The van der Waals surface area contributed by atoms with Crippen molar-refractivity contribution in [1.82, 2.24) is 14.1 Å². The number of nitriles is 1. The van der Waals surface area contributed by atoms with Gasteiger partial charge in [-0.3, -0.25) is 4.98 Å².